The quantitative estimate of drug-likeness (QED) is 0.720. The maximum absolute atomic E-state index is 13.2. The summed E-state index contributed by atoms with van der Waals surface area (Å²) >= 11 is 0. The number of nitrogens with zero attached hydrogens (tertiary/aromatic N) is 5. The van der Waals surface area contributed by atoms with E-state index in [4.69, 9.17) is 0 Å². The fourth-order valence-electron chi connectivity index (χ4n) is 2.85. The van der Waals surface area contributed by atoms with E-state index in [2.05, 4.69) is 15.1 Å². The fraction of sp³-hybridized carbons (Fsp3) is 0.263. The summed E-state index contributed by atoms with van der Waals surface area (Å²) in [6.45, 7) is 2.62. The molecule has 1 saturated carbocycles. The molecule has 6 heteroatoms. The second-order valence-electron chi connectivity index (χ2n) is 6.31. The van der Waals surface area contributed by atoms with E-state index in [1.807, 2.05) is 42.2 Å². The van der Waals surface area contributed by atoms with Crippen molar-refractivity contribution in [3.05, 3.63) is 66.4 Å². The Bertz CT molecular complexity index is 871. The predicted octanol–water partition coefficient (Wildman–Crippen LogP) is 3.03. The summed E-state index contributed by atoms with van der Waals surface area (Å²) in [4.78, 5) is 23.5. The summed E-state index contributed by atoms with van der Waals surface area (Å²) in [6, 6.07) is 9.41. The monoisotopic (exact) mass is 333 g/mol. The van der Waals surface area contributed by atoms with E-state index >= 15 is 0 Å². The van der Waals surface area contributed by atoms with E-state index in [0.29, 0.717) is 17.3 Å². The van der Waals surface area contributed by atoms with Crippen LogP contribution in [0.2, 0.25) is 0 Å². The van der Waals surface area contributed by atoms with Gasteiger partial charge in [0.15, 0.2) is 5.82 Å². The van der Waals surface area contributed by atoms with E-state index in [1.54, 1.807) is 29.5 Å². The third-order valence-corrected chi connectivity index (χ3v) is 4.45. The van der Waals surface area contributed by atoms with Gasteiger partial charge in [0.25, 0.3) is 5.91 Å². The average Bonchev–Trinajstić information content (AvgIpc) is 3.40. The molecule has 25 heavy (non-hydrogen) atoms. The summed E-state index contributed by atoms with van der Waals surface area (Å²) < 4.78 is 1.70. The second kappa shape index (κ2) is 6.47. The van der Waals surface area contributed by atoms with Crippen molar-refractivity contribution in [3.8, 4) is 5.82 Å². The molecule has 0 aromatic carbocycles. The number of rotatable bonds is 5. The van der Waals surface area contributed by atoms with E-state index in [1.165, 1.54) is 12.8 Å². The second-order valence-corrected chi connectivity index (χ2v) is 6.31. The van der Waals surface area contributed by atoms with Crippen LogP contribution in [0.25, 0.3) is 5.82 Å². The number of hydrogen-bond donors (Lipinski definition) is 0. The molecule has 3 aromatic heterocycles. The van der Waals surface area contributed by atoms with Crippen LogP contribution in [-0.2, 0) is 0 Å². The first-order chi connectivity index (χ1) is 12.2. The summed E-state index contributed by atoms with van der Waals surface area (Å²) in [5, 5.41) is 4.37. The molecule has 1 amide bonds. The Balaban J connectivity index is 1.68. The van der Waals surface area contributed by atoms with Crippen LogP contribution in [0.5, 0.6) is 0 Å². The number of amides is 1. The van der Waals surface area contributed by atoms with Crippen molar-refractivity contribution < 1.29 is 4.79 Å². The zero-order chi connectivity index (χ0) is 17.2. The van der Waals surface area contributed by atoms with Crippen molar-refractivity contribution >= 4 is 11.6 Å². The van der Waals surface area contributed by atoms with E-state index in [-0.39, 0.29) is 5.91 Å². The number of hydrogen-bond acceptors (Lipinski definition) is 4. The Kier molecular flexibility index (Phi) is 4.01. The van der Waals surface area contributed by atoms with Crippen molar-refractivity contribution in [3.63, 3.8) is 0 Å². The summed E-state index contributed by atoms with van der Waals surface area (Å²) in [5.74, 6) is 1.24. The molecule has 1 fully saturated rings. The molecule has 3 aromatic rings. The van der Waals surface area contributed by atoms with Crippen molar-refractivity contribution in [2.24, 2.45) is 5.92 Å². The van der Waals surface area contributed by atoms with Gasteiger partial charge in [-0.05, 0) is 49.9 Å². The van der Waals surface area contributed by atoms with Gasteiger partial charge in [0, 0.05) is 18.9 Å². The molecule has 4 rings (SSSR count). The molecule has 0 aliphatic heterocycles. The topological polar surface area (TPSA) is 63.9 Å². The number of carbonyl (C=O) groups is 1. The molecule has 126 valence electrons. The van der Waals surface area contributed by atoms with Crippen LogP contribution in [0, 0.1) is 12.8 Å². The highest BCUT2D eigenvalue weighted by molar-refractivity contribution is 6.06. The number of anilines is 1. The van der Waals surface area contributed by atoms with Crippen LogP contribution in [0.1, 0.15) is 28.9 Å². The van der Waals surface area contributed by atoms with Crippen LogP contribution in [0.3, 0.4) is 0 Å². The largest absolute Gasteiger partial charge is 0.306 e. The Labute approximate surface area is 146 Å². The standard InChI is InChI=1S/C19H19N5O/c1-14-17(12-22-24(14)18-6-2-3-10-21-18)19(25)23(13-15-7-8-15)16-5-4-9-20-11-16/h2-6,9-12,15H,7-8,13H2,1H3. The molecule has 0 saturated heterocycles. The molecule has 1 aliphatic carbocycles. The van der Waals surface area contributed by atoms with Gasteiger partial charge in [0.05, 0.1) is 29.3 Å². The fourth-order valence-corrected chi connectivity index (χ4v) is 2.85. The lowest BCUT2D eigenvalue weighted by atomic mass is 10.2. The minimum absolute atomic E-state index is 0.0421. The Morgan fingerprint density at radius 3 is 2.76 bits per heavy atom. The normalized spacial score (nSPS) is 13.6. The minimum atomic E-state index is -0.0421. The number of pyridine rings is 2. The van der Waals surface area contributed by atoms with Crippen LogP contribution >= 0.6 is 0 Å². The van der Waals surface area contributed by atoms with Gasteiger partial charge >= 0.3 is 0 Å². The smallest absolute Gasteiger partial charge is 0.261 e. The molecule has 0 spiro atoms. The van der Waals surface area contributed by atoms with Gasteiger partial charge in [-0.15, -0.1) is 0 Å². The lowest BCUT2D eigenvalue weighted by molar-refractivity contribution is 0.0985. The lowest BCUT2D eigenvalue weighted by Crippen LogP contribution is -2.33. The molecule has 1 aliphatic rings. The van der Waals surface area contributed by atoms with Crippen LogP contribution in [0.4, 0.5) is 5.69 Å². The molecular weight excluding hydrogens is 314 g/mol. The van der Waals surface area contributed by atoms with Gasteiger partial charge in [0.1, 0.15) is 0 Å². The third-order valence-electron chi connectivity index (χ3n) is 4.45. The minimum Gasteiger partial charge on any atom is -0.306 e. The molecule has 3 heterocycles. The highest BCUT2D eigenvalue weighted by Crippen LogP contribution is 2.32. The first-order valence-corrected chi connectivity index (χ1v) is 8.42. The number of carbonyl (C=O) groups excluding carboxylic acids is 1. The molecule has 0 unspecified atom stereocenters. The molecule has 0 bridgehead atoms. The Morgan fingerprint density at radius 1 is 1.20 bits per heavy atom. The maximum atomic E-state index is 13.2. The van der Waals surface area contributed by atoms with Gasteiger partial charge < -0.3 is 4.90 Å². The zero-order valence-electron chi connectivity index (χ0n) is 14.0. The van der Waals surface area contributed by atoms with Crippen molar-refractivity contribution in [1.82, 2.24) is 19.7 Å². The zero-order valence-corrected chi connectivity index (χ0v) is 14.0. The average molecular weight is 333 g/mol. The van der Waals surface area contributed by atoms with Crippen LogP contribution < -0.4 is 4.90 Å². The van der Waals surface area contributed by atoms with E-state index in [0.717, 1.165) is 17.9 Å². The lowest BCUT2D eigenvalue weighted by Gasteiger charge is -2.22. The van der Waals surface area contributed by atoms with Gasteiger partial charge in [-0.25, -0.2) is 9.67 Å². The molecule has 0 N–H and O–H groups in total. The molecule has 0 atom stereocenters. The van der Waals surface area contributed by atoms with Crippen LogP contribution in [0.15, 0.2) is 55.1 Å². The van der Waals surface area contributed by atoms with Gasteiger partial charge in [0.2, 0.25) is 0 Å². The Hall–Kier alpha value is -3.02. The summed E-state index contributed by atoms with van der Waals surface area (Å²) in [7, 11) is 0. The number of aromatic nitrogens is 4. The molecule has 6 nitrogen and oxygen atoms in total. The summed E-state index contributed by atoms with van der Waals surface area (Å²) in [6.07, 6.45) is 9.15. The third kappa shape index (κ3) is 3.15. The van der Waals surface area contributed by atoms with Crippen LogP contribution in [-0.4, -0.2) is 32.2 Å². The van der Waals surface area contributed by atoms with Crippen molar-refractivity contribution in [1.29, 1.82) is 0 Å². The highest BCUT2D eigenvalue weighted by atomic mass is 16.2. The maximum Gasteiger partial charge on any atom is 0.261 e. The van der Waals surface area contributed by atoms with Gasteiger partial charge in [-0.3, -0.25) is 9.78 Å². The Morgan fingerprint density at radius 2 is 2.08 bits per heavy atom. The first-order valence-electron chi connectivity index (χ1n) is 8.42. The molecular formula is C19H19N5O. The first kappa shape index (κ1) is 15.5. The van der Waals surface area contributed by atoms with Crippen molar-refractivity contribution in [2.75, 3.05) is 11.4 Å². The van der Waals surface area contributed by atoms with Gasteiger partial charge in [-0.1, -0.05) is 6.07 Å². The molecule has 0 radical (unpaired) electrons. The predicted molar refractivity (Wildman–Crippen MR) is 94.7 cm³/mol. The van der Waals surface area contributed by atoms with Gasteiger partial charge in [-0.2, -0.15) is 5.10 Å². The summed E-state index contributed by atoms with van der Waals surface area (Å²) in [5.41, 5.74) is 2.20. The SMILES string of the molecule is Cc1c(C(=O)N(CC2CC2)c2cccnc2)cnn1-c1ccccn1. The van der Waals surface area contributed by atoms with Crippen molar-refractivity contribution in [2.45, 2.75) is 19.8 Å². The van der Waals surface area contributed by atoms with E-state index in [9.17, 15) is 4.79 Å². The highest BCUT2D eigenvalue weighted by Gasteiger charge is 2.30. The van der Waals surface area contributed by atoms with E-state index < -0.39 is 0 Å².